The highest BCUT2D eigenvalue weighted by Crippen LogP contribution is 2.22. The first-order chi connectivity index (χ1) is 18.4. The Balaban J connectivity index is 1.43. The van der Waals surface area contributed by atoms with Crippen molar-refractivity contribution in [2.24, 2.45) is 0 Å². The quantitative estimate of drug-likeness (QED) is 0.430. The first kappa shape index (κ1) is 27.6. The average Bonchev–Trinajstić information content (AvgIpc) is 2.94. The number of methoxy groups -OCH3 is 1. The van der Waals surface area contributed by atoms with E-state index in [9.17, 15) is 13.2 Å². The molecule has 0 spiro atoms. The number of ether oxygens (including phenoxy) is 1. The summed E-state index contributed by atoms with van der Waals surface area (Å²) in [6.07, 6.45) is 4.51. The van der Waals surface area contributed by atoms with Crippen LogP contribution in [0.2, 0.25) is 0 Å². The second kappa shape index (κ2) is 12.9. The van der Waals surface area contributed by atoms with Crippen molar-refractivity contribution in [1.29, 1.82) is 0 Å². The zero-order chi connectivity index (χ0) is 27.0. The maximum Gasteiger partial charge on any atom is 0.241 e. The molecule has 3 aromatic rings. The Kier molecular flexibility index (Phi) is 9.33. The summed E-state index contributed by atoms with van der Waals surface area (Å²) in [5, 5.41) is 0. The molecule has 1 aliphatic rings. The molecule has 38 heavy (non-hydrogen) atoms. The van der Waals surface area contributed by atoms with Crippen LogP contribution < -0.4 is 9.46 Å². The van der Waals surface area contributed by atoms with Crippen molar-refractivity contribution in [3.05, 3.63) is 102 Å². The number of amides is 1. The molecule has 0 radical (unpaired) electrons. The van der Waals surface area contributed by atoms with Crippen LogP contribution in [0.3, 0.4) is 0 Å². The Morgan fingerprint density at radius 2 is 1.63 bits per heavy atom. The van der Waals surface area contributed by atoms with Crippen LogP contribution in [0.25, 0.3) is 6.08 Å². The molecule has 1 heterocycles. The van der Waals surface area contributed by atoms with Gasteiger partial charge in [-0.3, -0.25) is 9.69 Å². The summed E-state index contributed by atoms with van der Waals surface area (Å²) in [5.74, 6) is 0.402. The summed E-state index contributed by atoms with van der Waals surface area (Å²) >= 11 is 0. The van der Waals surface area contributed by atoms with Crippen molar-refractivity contribution in [3.8, 4) is 5.75 Å². The molecule has 4 rings (SSSR count). The molecule has 200 valence electrons. The van der Waals surface area contributed by atoms with Gasteiger partial charge in [0.05, 0.1) is 12.0 Å². The van der Waals surface area contributed by atoms with E-state index in [1.54, 1.807) is 31.1 Å². The first-order valence-electron chi connectivity index (χ1n) is 12.8. The molecule has 1 saturated heterocycles. The topological polar surface area (TPSA) is 78.9 Å². The number of rotatable bonds is 10. The van der Waals surface area contributed by atoms with Crippen LogP contribution in [0.4, 0.5) is 0 Å². The highest BCUT2D eigenvalue weighted by atomic mass is 32.2. The number of nitrogens with one attached hydrogen (secondary N) is 1. The molecule has 1 atom stereocenters. The predicted octanol–water partition coefficient (Wildman–Crippen LogP) is 3.75. The molecule has 0 aromatic heterocycles. The minimum Gasteiger partial charge on any atom is -0.496 e. The van der Waals surface area contributed by atoms with Gasteiger partial charge in [0.25, 0.3) is 0 Å². The van der Waals surface area contributed by atoms with Crippen LogP contribution in [0, 0.1) is 6.92 Å². The number of nitrogens with zero attached hydrogens (tertiary/aromatic N) is 2. The van der Waals surface area contributed by atoms with Gasteiger partial charge in [0.15, 0.2) is 0 Å². The van der Waals surface area contributed by atoms with E-state index < -0.39 is 16.1 Å². The second-order valence-electron chi connectivity index (χ2n) is 9.43. The number of sulfonamides is 1. The Bertz CT molecular complexity index is 1340. The maximum absolute atomic E-state index is 13.6. The normalized spacial score (nSPS) is 15.5. The highest BCUT2D eigenvalue weighted by molar-refractivity contribution is 7.89. The molecule has 0 aliphatic carbocycles. The van der Waals surface area contributed by atoms with Gasteiger partial charge in [0, 0.05) is 32.7 Å². The van der Waals surface area contributed by atoms with E-state index in [2.05, 4.69) is 33.9 Å². The summed E-state index contributed by atoms with van der Waals surface area (Å²) in [7, 11) is -2.39. The van der Waals surface area contributed by atoms with Crippen LogP contribution in [0.15, 0.2) is 89.8 Å². The van der Waals surface area contributed by atoms with Gasteiger partial charge in [-0.25, -0.2) is 8.42 Å². The lowest BCUT2D eigenvalue weighted by Crippen LogP contribution is -2.55. The number of hydrogen-bond acceptors (Lipinski definition) is 5. The van der Waals surface area contributed by atoms with Crippen LogP contribution >= 0.6 is 0 Å². The molecular weight excluding hydrogens is 498 g/mol. The van der Waals surface area contributed by atoms with Crippen LogP contribution in [-0.4, -0.2) is 70.0 Å². The molecule has 7 nitrogen and oxygen atoms in total. The minimum absolute atomic E-state index is 0.108. The van der Waals surface area contributed by atoms with Gasteiger partial charge in [-0.1, -0.05) is 72.8 Å². The van der Waals surface area contributed by atoms with Crippen molar-refractivity contribution >= 4 is 22.0 Å². The molecule has 0 bridgehead atoms. The van der Waals surface area contributed by atoms with E-state index in [1.165, 1.54) is 6.07 Å². The zero-order valence-corrected chi connectivity index (χ0v) is 22.7. The molecule has 8 heteroatoms. The van der Waals surface area contributed by atoms with Crippen molar-refractivity contribution in [2.75, 3.05) is 39.8 Å². The molecular formula is C30H35N3O4S. The monoisotopic (exact) mass is 533 g/mol. The van der Waals surface area contributed by atoms with Gasteiger partial charge in [0.1, 0.15) is 11.8 Å². The number of aryl methyl sites for hydroxylation is 1. The van der Waals surface area contributed by atoms with Crippen LogP contribution in [-0.2, 0) is 21.2 Å². The first-order valence-corrected chi connectivity index (χ1v) is 14.3. The number of carbonyl (C=O) groups is 1. The lowest BCUT2D eigenvalue weighted by Gasteiger charge is -2.36. The lowest BCUT2D eigenvalue weighted by atomic mass is 10.1. The van der Waals surface area contributed by atoms with Crippen LogP contribution in [0.1, 0.15) is 16.7 Å². The van der Waals surface area contributed by atoms with E-state index in [1.807, 2.05) is 48.5 Å². The maximum atomic E-state index is 13.6. The molecule has 1 aliphatic heterocycles. The standard InChI is InChI=1S/C30H35N3O4S/c1-24-22-27(15-16-29(24)37-2)38(35,36)31-28(23-26-12-7-4-8-13-26)30(34)33-20-18-32(19-21-33)17-9-14-25-10-5-3-6-11-25/h3-16,22,28,31H,17-21,23H2,1-2H3/b14-9+/t28-/m0/s1. The number of benzene rings is 3. The predicted molar refractivity (Wildman–Crippen MR) is 150 cm³/mol. The van der Waals surface area contributed by atoms with E-state index in [-0.39, 0.29) is 17.2 Å². The number of hydrogen-bond donors (Lipinski definition) is 1. The number of piperazine rings is 1. The summed E-state index contributed by atoms with van der Waals surface area (Å²) in [6.45, 7) is 5.15. The third-order valence-electron chi connectivity index (χ3n) is 6.71. The molecule has 3 aromatic carbocycles. The largest absolute Gasteiger partial charge is 0.496 e. The van der Waals surface area contributed by atoms with Crippen molar-refractivity contribution in [2.45, 2.75) is 24.3 Å². The molecule has 0 unspecified atom stereocenters. The lowest BCUT2D eigenvalue weighted by molar-refractivity contribution is -0.134. The fourth-order valence-electron chi connectivity index (χ4n) is 4.58. The van der Waals surface area contributed by atoms with Crippen molar-refractivity contribution in [1.82, 2.24) is 14.5 Å². The third-order valence-corrected chi connectivity index (χ3v) is 8.18. The Labute approximate surface area is 225 Å². The van der Waals surface area contributed by atoms with E-state index in [0.29, 0.717) is 24.4 Å². The fraction of sp³-hybridized carbons (Fsp3) is 0.300. The second-order valence-corrected chi connectivity index (χ2v) is 11.1. The summed E-state index contributed by atoms with van der Waals surface area (Å²) in [6, 6.07) is 23.4. The van der Waals surface area contributed by atoms with Gasteiger partial charge in [-0.05, 0) is 48.2 Å². The SMILES string of the molecule is COc1ccc(S(=O)(=O)N[C@@H](Cc2ccccc2)C(=O)N2CCN(C/C=C/c3ccccc3)CC2)cc1C. The average molecular weight is 534 g/mol. The van der Waals surface area contributed by atoms with Crippen molar-refractivity contribution < 1.29 is 17.9 Å². The molecule has 0 saturated carbocycles. The fourth-order valence-corrected chi connectivity index (χ4v) is 5.85. The van der Waals surface area contributed by atoms with Gasteiger partial charge >= 0.3 is 0 Å². The van der Waals surface area contributed by atoms with Crippen LogP contribution in [0.5, 0.6) is 5.75 Å². The summed E-state index contributed by atoms with van der Waals surface area (Å²) in [4.78, 5) is 17.8. The summed E-state index contributed by atoms with van der Waals surface area (Å²) < 4.78 is 34.6. The van der Waals surface area contributed by atoms with E-state index >= 15 is 0 Å². The highest BCUT2D eigenvalue weighted by Gasteiger charge is 2.31. The Hall–Kier alpha value is -3.46. The number of carbonyl (C=O) groups excluding carboxylic acids is 1. The molecule has 1 N–H and O–H groups in total. The van der Waals surface area contributed by atoms with E-state index in [0.717, 1.165) is 30.8 Å². The Morgan fingerprint density at radius 3 is 2.26 bits per heavy atom. The Morgan fingerprint density at radius 1 is 0.974 bits per heavy atom. The minimum atomic E-state index is -3.93. The van der Waals surface area contributed by atoms with Gasteiger partial charge in [-0.15, -0.1) is 0 Å². The summed E-state index contributed by atoms with van der Waals surface area (Å²) in [5.41, 5.74) is 2.76. The van der Waals surface area contributed by atoms with Gasteiger partial charge < -0.3 is 9.64 Å². The third kappa shape index (κ3) is 7.31. The van der Waals surface area contributed by atoms with Gasteiger partial charge in [0.2, 0.25) is 15.9 Å². The molecule has 1 fully saturated rings. The zero-order valence-electron chi connectivity index (χ0n) is 21.9. The molecule has 1 amide bonds. The van der Waals surface area contributed by atoms with E-state index in [4.69, 9.17) is 4.74 Å². The smallest absolute Gasteiger partial charge is 0.241 e. The van der Waals surface area contributed by atoms with Gasteiger partial charge in [-0.2, -0.15) is 4.72 Å². The van der Waals surface area contributed by atoms with Crippen molar-refractivity contribution in [3.63, 3.8) is 0 Å².